The molecule has 2 aromatic heterocycles. The number of nitrogens with zero attached hydrogens (tertiary/aromatic N) is 1. The van der Waals surface area contributed by atoms with Gasteiger partial charge in [0.2, 0.25) is 0 Å². The molecule has 6 heteroatoms. The number of hydrogen-bond donors (Lipinski definition) is 2. The lowest BCUT2D eigenvalue weighted by atomic mass is 10.2. The highest BCUT2D eigenvalue weighted by molar-refractivity contribution is 6.32. The molecule has 0 unspecified atom stereocenters. The first kappa shape index (κ1) is 11.3. The van der Waals surface area contributed by atoms with Crippen LogP contribution in [0.5, 0.6) is 0 Å². The number of carbonyl (C=O) groups is 1. The van der Waals surface area contributed by atoms with Gasteiger partial charge in [-0.25, -0.2) is 4.98 Å². The summed E-state index contributed by atoms with van der Waals surface area (Å²) in [7, 11) is 0. The zero-order valence-corrected chi connectivity index (χ0v) is 9.36. The first-order chi connectivity index (χ1) is 8.18. The molecule has 0 saturated heterocycles. The van der Waals surface area contributed by atoms with Gasteiger partial charge in [0, 0.05) is 24.7 Å². The number of rotatable bonds is 2. The zero-order valence-electron chi connectivity index (χ0n) is 8.61. The van der Waals surface area contributed by atoms with Crippen LogP contribution in [-0.2, 0) is 0 Å². The van der Waals surface area contributed by atoms with Crippen molar-refractivity contribution < 1.29 is 4.79 Å². The van der Waals surface area contributed by atoms with Crippen molar-refractivity contribution in [2.75, 3.05) is 5.32 Å². The second-order valence-corrected chi connectivity index (χ2v) is 3.58. The predicted molar refractivity (Wildman–Crippen MR) is 64.3 cm³/mol. The Hall–Kier alpha value is -2.14. The first-order valence-corrected chi connectivity index (χ1v) is 5.15. The van der Waals surface area contributed by atoms with Crippen molar-refractivity contribution in [1.29, 1.82) is 0 Å². The van der Waals surface area contributed by atoms with Gasteiger partial charge >= 0.3 is 0 Å². The van der Waals surface area contributed by atoms with E-state index >= 15 is 0 Å². The Bertz CT molecular complexity index is 609. The molecule has 1 amide bonds. The van der Waals surface area contributed by atoms with E-state index in [4.69, 9.17) is 11.6 Å². The third-order valence-electron chi connectivity index (χ3n) is 2.08. The number of H-pyrrole nitrogens is 1. The minimum atomic E-state index is -0.526. The van der Waals surface area contributed by atoms with Crippen molar-refractivity contribution >= 4 is 23.2 Å². The van der Waals surface area contributed by atoms with Crippen molar-refractivity contribution in [1.82, 2.24) is 9.97 Å². The summed E-state index contributed by atoms with van der Waals surface area (Å²) in [4.78, 5) is 29.7. The summed E-state index contributed by atoms with van der Waals surface area (Å²) in [5.74, 6) is -0.526. The molecule has 5 nitrogen and oxygen atoms in total. The van der Waals surface area contributed by atoms with Crippen LogP contribution in [-0.4, -0.2) is 15.9 Å². The number of carbonyl (C=O) groups excluding carboxylic acids is 1. The average Bonchev–Trinajstić information content (AvgIpc) is 2.32. The highest BCUT2D eigenvalue weighted by atomic mass is 35.5. The van der Waals surface area contributed by atoms with Gasteiger partial charge in [-0.1, -0.05) is 11.6 Å². The number of hydrogen-bond acceptors (Lipinski definition) is 3. The summed E-state index contributed by atoms with van der Waals surface area (Å²) >= 11 is 5.78. The van der Waals surface area contributed by atoms with Crippen molar-refractivity contribution in [3.63, 3.8) is 0 Å². The fourth-order valence-corrected chi connectivity index (χ4v) is 1.43. The Balaban J connectivity index is 2.27. The van der Waals surface area contributed by atoms with E-state index in [0.717, 1.165) is 0 Å². The highest BCUT2D eigenvalue weighted by Crippen LogP contribution is 2.17. The Morgan fingerprint density at radius 1 is 1.41 bits per heavy atom. The molecule has 2 heterocycles. The number of amides is 1. The van der Waals surface area contributed by atoms with E-state index in [2.05, 4.69) is 15.3 Å². The van der Waals surface area contributed by atoms with Crippen molar-refractivity contribution in [3.8, 4) is 0 Å². The predicted octanol–water partition coefficient (Wildman–Crippen LogP) is 1.68. The Labute approximate surface area is 101 Å². The van der Waals surface area contributed by atoms with Crippen LogP contribution in [0.25, 0.3) is 0 Å². The third kappa shape index (κ3) is 2.51. The second kappa shape index (κ2) is 4.80. The van der Waals surface area contributed by atoms with Gasteiger partial charge in [-0.2, -0.15) is 0 Å². The standard InChI is InChI=1S/C11H8ClN3O2/c12-10-8(2-1-4-14-10)15-11(17)7-6-13-5-3-9(7)16/h1-6H,(H,13,16)(H,15,17). The van der Waals surface area contributed by atoms with E-state index in [1.165, 1.54) is 24.7 Å². The fourth-order valence-electron chi connectivity index (χ4n) is 1.26. The maximum atomic E-state index is 11.8. The molecule has 0 aliphatic rings. The molecule has 86 valence electrons. The number of halogens is 1. The summed E-state index contributed by atoms with van der Waals surface area (Å²) in [6.45, 7) is 0. The summed E-state index contributed by atoms with van der Waals surface area (Å²) in [6.07, 6.45) is 4.30. The van der Waals surface area contributed by atoms with Crippen LogP contribution >= 0.6 is 11.6 Å². The largest absolute Gasteiger partial charge is 0.367 e. The number of aromatic nitrogens is 2. The van der Waals surface area contributed by atoms with Gasteiger partial charge in [0.05, 0.1) is 5.69 Å². The number of nitrogens with one attached hydrogen (secondary N) is 2. The van der Waals surface area contributed by atoms with Gasteiger partial charge in [-0.3, -0.25) is 9.59 Å². The molecule has 0 saturated carbocycles. The smallest absolute Gasteiger partial charge is 0.261 e. The molecule has 0 bridgehead atoms. The maximum absolute atomic E-state index is 11.8. The van der Waals surface area contributed by atoms with Gasteiger partial charge in [-0.15, -0.1) is 0 Å². The van der Waals surface area contributed by atoms with Crippen LogP contribution < -0.4 is 10.7 Å². The summed E-state index contributed by atoms with van der Waals surface area (Å²) in [5.41, 5.74) is 0.0242. The molecule has 2 rings (SSSR count). The van der Waals surface area contributed by atoms with Gasteiger partial charge < -0.3 is 10.3 Å². The quantitative estimate of drug-likeness (QED) is 0.795. The Morgan fingerprint density at radius 2 is 2.24 bits per heavy atom. The lowest BCUT2D eigenvalue weighted by molar-refractivity contribution is 0.102. The SMILES string of the molecule is O=C(Nc1cccnc1Cl)c1c[nH]ccc1=O. The molecule has 0 aliphatic heterocycles. The first-order valence-electron chi connectivity index (χ1n) is 4.77. The molecule has 0 aromatic carbocycles. The molecule has 2 N–H and O–H groups in total. The molecular weight excluding hydrogens is 242 g/mol. The van der Waals surface area contributed by atoms with Crippen LogP contribution in [0.3, 0.4) is 0 Å². The number of anilines is 1. The minimum Gasteiger partial charge on any atom is -0.367 e. The van der Waals surface area contributed by atoms with Crippen LogP contribution in [0.4, 0.5) is 5.69 Å². The molecule has 0 atom stereocenters. The van der Waals surface area contributed by atoms with Gasteiger partial charge in [0.15, 0.2) is 10.6 Å². The third-order valence-corrected chi connectivity index (χ3v) is 2.38. The molecule has 0 radical (unpaired) electrons. The average molecular weight is 250 g/mol. The van der Waals surface area contributed by atoms with E-state index in [1.54, 1.807) is 12.1 Å². The number of pyridine rings is 2. The fraction of sp³-hybridized carbons (Fsp3) is 0. The second-order valence-electron chi connectivity index (χ2n) is 3.22. The van der Waals surface area contributed by atoms with E-state index < -0.39 is 5.91 Å². The highest BCUT2D eigenvalue weighted by Gasteiger charge is 2.11. The Morgan fingerprint density at radius 3 is 2.94 bits per heavy atom. The van der Waals surface area contributed by atoms with E-state index in [-0.39, 0.29) is 16.1 Å². The van der Waals surface area contributed by atoms with Gasteiger partial charge in [0.25, 0.3) is 5.91 Å². The summed E-state index contributed by atoms with van der Waals surface area (Å²) in [6, 6.07) is 4.51. The molecule has 17 heavy (non-hydrogen) atoms. The van der Waals surface area contributed by atoms with Gasteiger partial charge in [-0.05, 0) is 12.1 Å². The van der Waals surface area contributed by atoms with Crippen molar-refractivity contribution in [2.45, 2.75) is 0 Å². The summed E-state index contributed by atoms with van der Waals surface area (Å²) < 4.78 is 0. The van der Waals surface area contributed by atoms with E-state index in [0.29, 0.717) is 5.69 Å². The molecule has 0 aliphatic carbocycles. The maximum Gasteiger partial charge on any atom is 0.261 e. The Kier molecular flexibility index (Phi) is 3.20. The monoisotopic (exact) mass is 249 g/mol. The van der Waals surface area contributed by atoms with Crippen molar-refractivity contribution in [3.05, 3.63) is 57.7 Å². The molecule has 0 fully saturated rings. The van der Waals surface area contributed by atoms with Crippen molar-refractivity contribution in [2.24, 2.45) is 0 Å². The zero-order chi connectivity index (χ0) is 12.3. The normalized spacial score (nSPS) is 9.94. The van der Waals surface area contributed by atoms with Crippen LogP contribution in [0.15, 0.2) is 41.6 Å². The van der Waals surface area contributed by atoms with Crippen LogP contribution in [0.1, 0.15) is 10.4 Å². The summed E-state index contributed by atoms with van der Waals surface area (Å²) in [5, 5.41) is 2.69. The van der Waals surface area contributed by atoms with E-state index in [1.807, 2.05) is 0 Å². The van der Waals surface area contributed by atoms with Gasteiger partial charge in [0.1, 0.15) is 5.56 Å². The van der Waals surface area contributed by atoms with E-state index in [9.17, 15) is 9.59 Å². The molecule has 0 spiro atoms. The topological polar surface area (TPSA) is 74.8 Å². The lowest BCUT2D eigenvalue weighted by Crippen LogP contribution is -2.21. The van der Waals surface area contributed by atoms with Crippen LogP contribution in [0.2, 0.25) is 5.15 Å². The van der Waals surface area contributed by atoms with Crippen LogP contribution in [0, 0.1) is 0 Å². The lowest BCUT2D eigenvalue weighted by Gasteiger charge is -2.05. The number of aromatic amines is 1. The molecule has 2 aromatic rings. The minimum absolute atomic E-state index is 0.0208. The molecular formula is C11H8ClN3O2.